The van der Waals surface area contributed by atoms with E-state index in [1.54, 1.807) is 0 Å². The average molecular weight is 200 g/mol. The highest BCUT2D eigenvalue weighted by molar-refractivity contribution is 7.88. The molecule has 5 heteroatoms. The molecule has 1 unspecified atom stereocenters. The lowest BCUT2D eigenvalue weighted by Gasteiger charge is -2.17. The first-order valence-electron chi connectivity index (χ1n) is 3.40. The van der Waals surface area contributed by atoms with Gasteiger partial charge in [0.1, 0.15) is 0 Å². The maximum Gasteiger partial charge on any atom is 0.208 e. The van der Waals surface area contributed by atoms with Gasteiger partial charge >= 0.3 is 0 Å². The molecule has 0 rings (SSSR count). The molecule has 0 aliphatic heterocycles. The Balaban J connectivity index is 4.10. The van der Waals surface area contributed by atoms with Gasteiger partial charge in [-0.25, -0.2) is 13.1 Å². The Kier molecular flexibility index (Phi) is 4.36. The van der Waals surface area contributed by atoms with E-state index >= 15 is 0 Å². The van der Waals surface area contributed by atoms with Crippen LogP contribution in [0, 0.1) is 5.92 Å². The van der Waals surface area contributed by atoms with E-state index in [1.165, 1.54) is 0 Å². The summed E-state index contributed by atoms with van der Waals surface area (Å²) in [6.07, 6.45) is 1.13. The Morgan fingerprint density at radius 1 is 1.45 bits per heavy atom. The number of alkyl halides is 1. The van der Waals surface area contributed by atoms with Crippen LogP contribution in [0.2, 0.25) is 0 Å². The molecule has 0 aromatic rings. The summed E-state index contributed by atoms with van der Waals surface area (Å²) >= 11 is 5.54. The molecule has 0 aliphatic rings. The summed E-state index contributed by atoms with van der Waals surface area (Å²) in [5.74, 6) is 0.535. The van der Waals surface area contributed by atoms with E-state index in [1.807, 2.05) is 13.8 Å². The van der Waals surface area contributed by atoms with Gasteiger partial charge in [0.25, 0.3) is 0 Å². The molecule has 0 radical (unpaired) electrons. The Labute approximate surface area is 73.2 Å². The second-order valence-electron chi connectivity index (χ2n) is 2.89. The number of halogens is 1. The minimum absolute atomic E-state index is 0.160. The number of nitrogens with one attached hydrogen (secondary N) is 1. The third-order valence-electron chi connectivity index (χ3n) is 1.34. The second-order valence-corrected chi connectivity index (χ2v) is 4.98. The van der Waals surface area contributed by atoms with Gasteiger partial charge in [0.2, 0.25) is 10.0 Å². The van der Waals surface area contributed by atoms with Gasteiger partial charge in [0, 0.05) is 11.9 Å². The van der Waals surface area contributed by atoms with Crippen LogP contribution in [-0.4, -0.2) is 26.6 Å². The summed E-state index contributed by atoms with van der Waals surface area (Å²) in [4.78, 5) is 0. The van der Waals surface area contributed by atoms with Gasteiger partial charge in [-0.1, -0.05) is 13.8 Å². The number of hydrogen-bond acceptors (Lipinski definition) is 2. The van der Waals surface area contributed by atoms with Gasteiger partial charge in [-0.05, 0) is 5.92 Å². The van der Waals surface area contributed by atoms with Crippen LogP contribution < -0.4 is 4.72 Å². The lowest BCUT2D eigenvalue weighted by Crippen LogP contribution is -2.39. The van der Waals surface area contributed by atoms with Crippen LogP contribution in [0.5, 0.6) is 0 Å². The summed E-state index contributed by atoms with van der Waals surface area (Å²) in [6.45, 7) is 3.84. The van der Waals surface area contributed by atoms with Crippen molar-refractivity contribution in [1.29, 1.82) is 0 Å². The molecule has 0 bridgehead atoms. The van der Waals surface area contributed by atoms with Crippen LogP contribution in [0.25, 0.3) is 0 Å². The third-order valence-corrected chi connectivity index (χ3v) is 2.40. The van der Waals surface area contributed by atoms with Crippen LogP contribution >= 0.6 is 11.6 Å². The summed E-state index contributed by atoms with van der Waals surface area (Å²) in [7, 11) is -3.11. The summed E-state index contributed by atoms with van der Waals surface area (Å²) in [5.41, 5.74) is 0. The van der Waals surface area contributed by atoms with Crippen molar-refractivity contribution in [3.05, 3.63) is 0 Å². The lowest BCUT2D eigenvalue weighted by atomic mass is 10.1. The highest BCUT2D eigenvalue weighted by atomic mass is 35.5. The first-order chi connectivity index (χ1) is 4.87. The van der Waals surface area contributed by atoms with E-state index < -0.39 is 10.0 Å². The zero-order valence-electron chi connectivity index (χ0n) is 6.96. The van der Waals surface area contributed by atoms with Crippen molar-refractivity contribution in [1.82, 2.24) is 4.72 Å². The summed E-state index contributed by atoms with van der Waals surface area (Å²) < 4.78 is 23.9. The predicted molar refractivity (Wildman–Crippen MR) is 47.3 cm³/mol. The monoisotopic (exact) mass is 199 g/mol. The molecule has 3 nitrogen and oxygen atoms in total. The number of hydrogen-bond donors (Lipinski definition) is 1. The first kappa shape index (κ1) is 11.2. The molecule has 0 amide bonds. The van der Waals surface area contributed by atoms with Crippen LogP contribution in [0.3, 0.4) is 0 Å². The van der Waals surface area contributed by atoms with E-state index in [9.17, 15) is 8.42 Å². The SMILES string of the molecule is CC(C)C(CCl)NS(C)(=O)=O. The Hall–Kier alpha value is 0.200. The van der Waals surface area contributed by atoms with Crippen molar-refractivity contribution in [3.8, 4) is 0 Å². The highest BCUT2D eigenvalue weighted by Crippen LogP contribution is 2.04. The van der Waals surface area contributed by atoms with Crippen LogP contribution in [0.1, 0.15) is 13.8 Å². The Bertz CT molecular complexity index is 201. The molecule has 0 aromatic carbocycles. The molecule has 0 aliphatic carbocycles. The minimum Gasteiger partial charge on any atom is -0.213 e. The molecule has 0 saturated carbocycles. The van der Waals surface area contributed by atoms with Gasteiger partial charge in [-0.15, -0.1) is 11.6 Å². The summed E-state index contributed by atoms with van der Waals surface area (Å²) in [6, 6.07) is -0.160. The molecule has 0 heterocycles. The van der Waals surface area contributed by atoms with Crippen molar-refractivity contribution < 1.29 is 8.42 Å². The lowest BCUT2D eigenvalue weighted by molar-refractivity contribution is 0.482. The van der Waals surface area contributed by atoms with E-state index in [-0.39, 0.29) is 12.0 Å². The van der Waals surface area contributed by atoms with Gasteiger partial charge in [-0.3, -0.25) is 0 Å². The van der Waals surface area contributed by atoms with Crippen molar-refractivity contribution in [3.63, 3.8) is 0 Å². The highest BCUT2D eigenvalue weighted by Gasteiger charge is 2.15. The molecule has 0 saturated heterocycles. The molecule has 0 fully saturated rings. The molecular weight excluding hydrogens is 186 g/mol. The van der Waals surface area contributed by atoms with Crippen LogP contribution in [0.15, 0.2) is 0 Å². The standard InChI is InChI=1S/C6H14ClNO2S/c1-5(2)6(4-7)8-11(3,9)10/h5-6,8H,4H2,1-3H3. The third kappa shape index (κ3) is 5.47. The van der Waals surface area contributed by atoms with Gasteiger partial charge in [0.05, 0.1) is 6.26 Å². The van der Waals surface area contributed by atoms with Crippen LogP contribution in [-0.2, 0) is 10.0 Å². The van der Waals surface area contributed by atoms with E-state index in [2.05, 4.69) is 4.72 Å². The summed E-state index contributed by atoms with van der Waals surface area (Å²) in [5, 5.41) is 0. The van der Waals surface area contributed by atoms with Gasteiger partial charge in [0.15, 0.2) is 0 Å². The maximum absolute atomic E-state index is 10.7. The van der Waals surface area contributed by atoms with E-state index in [0.717, 1.165) is 6.26 Å². The van der Waals surface area contributed by atoms with Crippen LogP contribution in [0.4, 0.5) is 0 Å². The smallest absolute Gasteiger partial charge is 0.208 e. The van der Waals surface area contributed by atoms with E-state index in [4.69, 9.17) is 11.6 Å². The topological polar surface area (TPSA) is 46.2 Å². The molecule has 0 aromatic heterocycles. The molecular formula is C6H14ClNO2S. The molecule has 1 N–H and O–H groups in total. The largest absolute Gasteiger partial charge is 0.213 e. The number of sulfonamides is 1. The van der Waals surface area contributed by atoms with Crippen molar-refractivity contribution in [2.45, 2.75) is 19.9 Å². The normalized spacial score (nSPS) is 15.4. The van der Waals surface area contributed by atoms with E-state index in [0.29, 0.717) is 5.88 Å². The average Bonchev–Trinajstić information content (AvgIpc) is 1.80. The van der Waals surface area contributed by atoms with Gasteiger partial charge in [-0.2, -0.15) is 0 Å². The van der Waals surface area contributed by atoms with Gasteiger partial charge < -0.3 is 0 Å². The molecule has 1 atom stereocenters. The fourth-order valence-corrected chi connectivity index (χ4v) is 2.05. The zero-order valence-corrected chi connectivity index (χ0v) is 8.54. The molecule has 11 heavy (non-hydrogen) atoms. The Morgan fingerprint density at radius 2 is 1.91 bits per heavy atom. The van der Waals surface area contributed by atoms with Crippen molar-refractivity contribution >= 4 is 21.6 Å². The fraction of sp³-hybridized carbons (Fsp3) is 1.00. The van der Waals surface area contributed by atoms with Crippen molar-refractivity contribution in [2.24, 2.45) is 5.92 Å². The molecule has 0 spiro atoms. The second kappa shape index (κ2) is 4.28. The molecule has 68 valence electrons. The maximum atomic E-state index is 10.7. The minimum atomic E-state index is -3.11. The zero-order chi connectivity index (χ0) is 9.07. The first-order valence-corrected chi connectivity index (χ1v) is 5.82. The van der Waals surface area contributed by atoms with Crippen molar-refractivity contribution in [2.75, 3.05) is 12.1 Å². The fourth-order valence-electron chi connectivity index (χ4n) is 0.621. The quantitative estimate of drug-likeness (QED) is 0.681. The number of rotatable bonds is 4. The predicted octanol–water partition coefficient (Wildman–Crippen LogP) is 0.799. The Morgan fingerprint density at radius 3 is 2.00 bits per heavy atom.